The SMILES string of the molecule is NC(=O)C(O)C(O)c1ccc(C=O)cc1F. The Morgan fingerprint density at radius 2 is 2.06 bits per heavy atom. The van der Waals surface area contributed by atoms with E-state index in [0.29, 0.717) is 6.29 Å². The number of aliphatic hydroxyl groups excluding tert-OH is 2. The minimum absolute atomic E-state index is 0.0852. The fourth-order valence-electron chi connectivity index (χ4n) is 1.18. The van der Waals surface area contributed by atoms with E-state index in [-0.39, 0.29) is 11.1 Å². The maximum atomic E-state index is 13.3. The van der Waals surface area contributed by atoms with Crippen LogP contribution >= 0.6 is 0 Å². The summed E-state index contributed by atoms with van der Waals surface area (Å²) in [4.78, 5) is 20.9. The lowest BCUT2D eigenvalue weighted by Crippen LogP contribution is -2.34. The fourth-order valence-corrected chi connectivity index (χ4v) is 1.18. The molecule has 0 aliphatic heterocycles. The number of carbonyl (C=O) groups is 2. The monoisotopic (exact) mass is 227 g/mol. The normalized spacial score (nSPS) is 14.2. The first-order valence-electron chi connectivity index (χ1n) is 4.37. The van der Waals surface area contributed by atoms with Gasteiger partial charge in [0.15, 0.2) is 6.10 Å². The van der Waals surface area contributed by atoms with Gasteiger partial charge in [0.2, 0.25) is 5.91 Å². The molecule has 6 heteroatoms. The van der Waals surface area contributed by atoms with E-state index in [1.165, 1.54) is 6.07 Å². The molecular formula is C10H10FNO4. The molecule has 0 radical (unpaired) electrons. The van der Waals surface area contributed by atoms with Crippen LogP contribution in [-0.4, -0.2) is 28.5 Å². The van der Waals surface area contributed by atoms with Crippen molar-refractivity contribution < 1.29 is 24.2 Å². The second-order valence-corrected chi connectivity index (χ2v) is 3.19. The van der Waals surface area contributed by atoms with Crippen LogP contribution in [0.2, 0.25) is 0 Å². The molecule has 0 bridgehead atoms. The van der Waals surface area contributed by atoms with Crippen LogP contribution in [0.25, 0.3) is 0 Å². The lowest BCUT2D eigenvalue weighted by atomic mass is 10.0. The topological polar surface area (TPSA) is 101 Å². The van der Waals surface area contributed by atoms with E-state index in [2.05, 4.69) is 0 Å². The zero-order valence-electron chi connectivity index (χ0n) is 8.13. The van der Waals surface area contributed by atoms with E-state index < -0.39 is 23.9 Å². The molecule has 0 heterocycles. The van der Waals surface area contributed by atoms with Gasteiger partial charge < -0.3 is 15.9 Å². The van der Waals surface area contributed by atoms with Crippen LogP contribution in [0.4, 0.5) is 4.39 Å². The molecule has 0 aliphatic rings. The predicted octanol–water partition coefficient (Wildman–Crippen LogP) is -0.482. The summed E-state index contributed by atoms with van der Waals surface area (Å²) in [6.45, 7) is 0. The number of primary amides is 1. The van der Waals surface area contributed by atoms with Gasteiger partial charge in [-0.15, -0.1) is 0 Å². The van der Waals surface area contributed by atoms with Crippen molar-refractivity contribution in [3.05, 3.63) is 35.1 Å². The average Bonchev–Trinajstić information content (AvgIpc) is 2.26. The molecule has 4 N–H and O–H groups in total. The third kappa shape index (κ3) is 2.41. The number of aldehydes is 1. The van der Waals surface area contributed by atoms with Crippen molar-refractivity contribution in [1.82, 2.24) is 0 Å². The maximum Gasteiger partial charge on any atom is 0.249 e. The molecule has 0 saturated heterocycles. The molecule has 16 heavy (non-hydrogen) atoms. The van der Waals surface area contributed by atoms with Gasteiger partial charge >= 0.3 is 0 Å². The summed E-state index contributed by atoms with van der Waals surface area (Å²) in [6, 6.07) is 3.25. The summed E-state index contributed by atoms with van der Waals surface area (Å²) in [6.07, 6.45) is -3.21. The van der Waals surface area contributed by atoms with Crippen LogP contribution in [0.1, 0.15) is 22.0 Å². The molecule has 2 atom stereocenters. The summed E-state index contributed by atoms with van der Waals surface area (Å²) in [7, 11) is 0. The standard InChI is InChI=1S/C10H10FNO4/c11-7-3-5(4-13)1-2-6(7)8(14)9(15)10(12)16/h1-4,8-9,14-15H,(H2,12,16). The van der Waals surface area contributed by atoms with Crippen LogP contribution in [0.5, 0.6) is 0 Å². The Labute approximate surface area is 90.3 Å². The molecule has 86 valence electrons. The second-order valence-electron chi connectivity index (χ2n) is 3.19. The van der Waals surface area contributed by atoms with Gasteiger partial charge in [-0.25, -0.2) is 4.39 Å². The first-order valence-corrected chi connectivity index (χ1v) is 4.37. The lowest BCUT2D eigenvalue weighted by molar-refractivity contribution is -0.132. The number of hydrogen-bond donors (Lipinski definition) is 3. The largest absolute Gasteiger partial charge is 0.385 e. The number of rotatable bonds is 4. The zero-order valence-corrected chi connectivity index (χ0v) is 8.13. The Hall–Kier alpha value is -1.79. The van der Waals surface area contributed by atoms with Gasteiger partial charge in [-0.2, -0.15) is 0 Å². The van der Waals surface area contributed by atoms with Crippen molar-refractivity contribution in [2.45, 2.75) is 12.2 Å². The zero-order chi connectivity index (χ0) is 12.3. The summed E-state index contributed by atoms with van der Waals surface area (Å²) in [5.74, 6) is -2.05. The van der Waals surface area contributed by atoms with Gasteiger partial charge in [0.05, 0.1) is 0 Å². The fraction of sp³-hybridized carbons (Fsp3) is 0.200. The number of carbonyl (C=O) groups excluding carboxylic acids is 2. The minimum atomic E-state index is -1.89. The van der Waals surface area contributed by atoms with Crippen LogP contribution < -0.4 is 5.73 Å². The molecule has 5 nitrogen and oxygen atoms in total. The molecule has 0 spiro atoms. The Bertz CT molecular complexity index is 421. The highest BCUT2D eigenvalue weighted by atomic mass is 19.1. The number of benzene rings is 1. The molecule has 1 aromatic rings. The lowest BCUT2D eigenvalue weighted by Gasteiger charge is -2.15. The van der Waals surface area contributed by atoms with E-state index in [4.69, 9.17) is 10.8 Å². The Morgan fingerprint density at radius 1 is 1.44 bits per heavy atom. The van der Waals surface area contributed by atoms with E-state index >= 15 is 0 Å². The Morgan fingerprint density at radius 3 is 2.50 bits per heavy atom. The second kappa shape index (κ2) is 4.82. The third-order valence-corrected chi connectivity index (χ3v) is 2.07. The first-order chi connectivity index (χ1) is 7.47. The van der Waals surface area contributed by atoms with E-state index in [0.717, 1.165) is 12.1 Å². The molecule has 1 amide bonds. The van der Waals surface area contributed by atoms with E-state index in [1.807, 2.05) is 0 Å². The van der Waals surface area contributed by atoms with E-state index in [1.54, 1.807) is 0 Å². The van der Waals surface area contributed by atoms with Crippen molar-refractivity contribution in [1.29, 1.82) is 0 Å². The maximum absolute atomic E-state index is 13.3. The van der Waals surface area contributed by atoms with Crippen molar-refractivity contribution in [3.8, 4) is 0 Å². The van der Waals surface area contributed by atoms with Crippen LogP contribution in [-0.2, 0) is 4.79 Å². The van der Waals surface area contributed by atoms with Crippen molar-refractivity contribution in [3.63, 3.8) is 0 Å². The van der Waals surface area contributed by atoms with Gasteiger partial charge in [0, 0.05) is 11.1 Å². The van der Waals surface area contributed by atoms with Gasteiger partial charge in [-0.05, 0) is 6.07 Å². The van der Waals surface area contributed by atoms with Crippen LogP contribution in [0.15, 0.2) is 18.2 Å². The molecular weight excluding hydrogens is 217 g/mol. The molecule has 1 rings (SSSR count). The minimum Gasteiger partial charge on any atom is -0.385 e. The highest BCUT2D eigenvalue weighted by Gasteiger charge is 2.25. The number of nitrogens with two attached hydrogens (primary N) is 1. The summed E-state index contributed by atoms with van der Waals surface area (Å²) in [5.41, 5.74) is 4.54. The van der Waals surface area contributed by atoms with Crippen LogP contribution in [0.3, 0.4) is 0 Å². The van der Waals surface area contributed by atoms with Crippen molar-refractivity contribution >= 4 is 12.2 Å². The first kappa shape index (κ1) is 12.3. The van der Waals surface area contributed by atoms with Crippen molar-refractivity contribution in [2.75, 3.05) is 0 Å². The van der Waals surface area contributed by atoms with E-state index in [9.17, 15) is 19.1 Å². The smallest absolute Gasteiger partial charge is 0.249 e. The molecule has 0 fully saturated rings. The summed E-state index contributed by atoms with van der Waals surface area (Å²) in [5, 5.41) is 18.6. The number of hydrogen-bond acceptors (Lipinski definition) is 4. The Balaban J connectivity index is 3.04. The van der Waals surface area contributed by atoms with Crippen molar-refractivity contribution in [2.24, 2.45) is 5.73 Å². The van der Waals surface area contributed by atoms with Gasteiger partial charge in [0.1, 0.15) is 18.2 Å². The summed E-state index contributed by atoms with van der Waals surface area (Å²) >= 11 is 0. The quantitative estimate of drug-likeness (QED) is 0.604. The molecule has 0 aliphatic carbocycles. The Kier molecular flexibility index (Phi) is 3.70. The number of amides is 1. The summed E-state index contributed by atoms with van der Waals surface area (Å²) < 4.78 is 13.3. The highest BCUT2D eigenvalue weighted by molar-refractivity contribution is 5.79. The van der Waals surface area contributed by atoms with Gasteiger partial charge in [-0.1, -0.05) is 12.1 Å². The van der Waals surface area contributed by atoms with Gasteiger partial charge in [0.25, 0.3) is 0 Å². The molecule has 0 saturated carbocycles. The number of aliphatic hydroxyl groups is 2. The molecule has 0 aromatic heterocycles. The molecule has 2 unspecified atom stereocenters. The number of halogens is 1. The predicted molar refractivity (Wildman–Crippen MR) is 51.9 cm³/mol. The molecule has 1 aromatic carbocycles. The highest BCUT2D eigenvalue weighted by Crippen LogP contribution is 2.20. The van der Waals surface area contributed by atoms with Gasteiger partial charge in [-0.3, -0.25) is 9.59 Å². The van der Waals surface area contributed by atoms with Crippen LogP contribution in [0, 0.1) is 5.82 Å². The average molecular weight is 227 g/mol. The third-order valence-electron chi connectivity index (χ3n) is 2.07.